The minimum atomic E-state index is -0.235. The van der Waals surface area contributed by atoms with Gasteiger partial charge in [-0.15, -0.1) is 0 Å². The molecule has 3 aromatic rings. The van der Waals surface area contributed by atoms with Crippen LogP contribution < -0.4 is 9.47 Å². The Morgan fingerprint density at radius 3 is 2.61 bits per heavy atom. The van der Waals surface area contributed by atoms with Crippen LogP contribution in [0.2, 0.25) is 0 Å². The molecule has 0 radical (unpaired) electrons. The second-order valence-corrected chi connectivity index (χ2v) is 5.78. The topological polar surface area (TPSA) is 23.4 Å². The minimum absolute atomic E-state index is 0.235. The van der Waals surface area contributed by atoms with Crippen LogP contribution in [0.4, 0.5) is 4.39 Å². The Bertz CT molecular complexity index is 823. The zero-order chi connectivity index (χ0) is 16.4. The van der Waals surface area contributed by atoms with Gasteiger partial charge in [-0.3, -0.25) is 0 Å². The highest BCUT2D eigenvalue weighted by molar-refractivity contribution is 5.84. The van der Waals surface area contributed by atoms with Crippen molar-refractivity contribution >= 4 is 10.9 Å². The van der Waals surface area contributed by atoms with Crippen LogP contribution in [0, 0.1) is 5.82 Å². The van der Waals surface area contributed by atoms with E-state index in [4.69, 9.17) is 9.47 Å². The molecule has 23 heavy (non-hydrogen) atoms. The zero-order valence-electron chi connectivity index (χ0n) is 13.5. The van der Waals surface area contributed by atoms with Gasteiger partial charge in [-0.1, -0.05) is 6.07 Å². The summed E-state index contributed by atoms with van der Waals surface area (Å²) in [7, 11) is 1.62. The number of nitrogens with zero attached hydrogens (tertiary/aromatic N) is 1. The van der Waals surface area contributed by atoms with Gasteiger partial charge in [-0.2, -0.15) is 0 Å². The van der Waals surface area contributed by atoms with Gasteiger partial charge in [-0.25, -0.2) is 4.39 Å². The van der Waals surface area contributed by atoms with Crippen LogP contribution in [0.15, 0.2) is 48.7 Å². The maximum atomic E-state index is 13.6. The Balaban J connectivity index is 1.91. The maximum absolute atomic E-state index is 13.6. The van der Waals surface area contributed by atoms with Gasteiger partial charge in [0.15, 0.2) is 0 Å². The van der Waals surface area contributed by atoms with Gasteiger partial charge >= 0.3 is 0 Å². The summed E-state index contributed by atoms with van der Waals surface area (Å²) >= 11 is 0. The van der Waals surface area contributed by atoms with Gasteiger partial charge in [0, 0.05) is 34.8 Å². The van der Waals surface area contributed by atoms with Crippen molar-refractivity contribution in [1.29, 1.82) is 0 Å². The minimum Gasteiger partial charge on any atom is -0.497 e. The van der Waals surface area contributed by atoms with E-state index >= 15 is 0 Å². The van der Waals surface area contributed by atoms with Crippen molar-refractivity contribution in [3.05, 3.63) is 60.0 Å². The van der Waals surface area contributed by atoms with E-state index in [1.165, 1.54) is 6.07 Å². The Kier molecular flexibility index (Phi) is 4.24. The Labute approximate surface area is 135 Å². The smallest absolute Gasteiger partial charge is 0.123 e. The predicted octanol–water partition coefficient (Wildman–Crippen LogP) is 4.95. The highest BCUT2D eigenvalue weighted by Gasteiger charge is 2.12. The van der Waals surface area contributed by atoms with E-state index in [1.54, 1.807) is 13.2 Å². The third-order valence-corrected chi connectivity index (χ3v) is 3.87. The summed E-state index contributed by atoms with van der Waals surface area (Å²) in [5.74, 6) is 1.24. The molecule has 0 spiro atoms. The van der Waals surface area contributed by atoms with Gasteiger partial charge in [-0.05, 0) is 44.2 Å². The van der Waals surface area contributed by atoms with E-state index in [2.05, 4.69) is 18.4 Å². The molecular formula is C19H20FNO2. The first-order valence-electron chi connectivity index (χ1n) is 7.64. The molecule has 0 aliphatic heterocycles. The highest BCUT2D eigenvalue weighted by atomic mass is 19.1. The predicted molar refractivity (Wildman–Crippen MR) is 89.6 cm³/mol. The summed E-state index contributed by atoms with van der Waals surface area (Å²) in [5.41, 5.74) is 1.99. The van der Waals surface area contributed by atoms with Crippen molar-refractivity contribution in [1.82, 2.24) is 4.57 Å². The summed E-state index contributed by atoms with van der Waals surface area (Å²) in [6.45, 7) is 4.60. The van der Waals surface area contributed by atoms with Gasteiger partial charge in [0.25, 0.3) is 0 Å². The average Bonchev–Trinajstić information content (AvgIpc) is 2.91. The van der Waals surface area contributed by atoms with Crippen molar-refractivity contribution in [3.63, 3.8) is 0 Å². The molecule has 0 aliphatic carbocycles. The number of hydrogen-bond acceptors (Lipinski definition) is 2. The lowest BCUT2D eigenvalue weighted by Gasteiger charge is -2.08. The van der Waals surface area contributed by atoms with Crippen molar-refractivity contribution in [2.45, 2.75) is 26.5 Å². The first kappa shape index (κ1) is 15.4. The van der Waals surface area contributed by atoms with Crippen LogP contribution in [0.3, 0.4) is 0 Å². The average molecular weight is 313 g/mol. The summed E-state index contributed by atoms with van der Waals surface area (Å²) in [4.78, 5) is 0. The molecule has 2 aromatic carbocycles. The van der Waals surface area contributed by atoms with Crippen LogP contribution >= 0.6 is 0 Å². The van der Waals surface area contributed by atoms with E-state index in [9.17, 15) is 4.39 Å². The van der Waals surface area contributed by atoms with Crippen molar-refractivity contribution in [2.75, 3.05) is 7.11 Å². The van der Waals surface area contributed by atoms with Gasteiger partial charge < -0.3 is 14.0 Å². The summed E-state index contributed by atoms with van der Waals surface area (Å²) in [6.07, 6.45) is 2.04. The third kappa shape index (κ3) is 3.16. The van der Waals surface area contributed by atoms with Crippen LogP contribution in [0.5, 0.6) is 11.5 Å². The monoisotopic (exact) mass is 313 g/mol. The van der Waals surface area contributed by atoms with E-state index in [-0.39, 0.29) is 5.82 Å². The first-order valence-corrected chi connectivity index (χ1v) is 7.64. The first-order chi connectivity index (χ1) is 11.1. The number of ether oxygens (including phenoxy) is 2. The van der Waals surface area contributed by atoms with Crippen LogP contribution in [0.1, 0.15) is 25.5 Å². The number of hydrogen-bond donors (Lipinski definition) is 0. The number of benzene rings is 2. The second-order valence-electron chi connectivity index (χ2n) is 5.78. The lowest BCUT2D eigenvalue weighted by Crippen LogP contribution is -1.98. The molecule has 1 heterocycles. The summed E-state index contributed by atoms with van der Waals surface area (Å²) in [5, 5.41) is 0.890. The summed E-state index contributed by atoms with van der Waals surface area (Å²) in [6, 6.07) is 12.6. The standard InChI is InChI=1S/C19H20FNO2/c1-13(2)21-11-14(18-9-15(20)7-8-19(18)21)12-23-17-6-4-5-16(10-17)22-3/h4-11,13H,12H2,1-3H3. The second kappa shape index (κ2) is 6.32. The van der Waals surface area contributed by atoms with Crippen molar-refractivity contribution < 1.29 is 13.9 Å². The SMILES string of the molecule is COc1cccc(OCc2cn(C(C)C)c3ccc(F)cc23)c1. The number of methoxy groups -OCH3 is 1. The molecule has 0 saturated carbocycles. The number of fused-ring (bicyclic) bond motifs is 1. The molecule has 3 rings (SSSR count). The Morgan fingerprint density at radius 2 is 1.87 bits per heavy atom. The lowest BCUT2D eigenvalue weighted by atomic mass is 10.2. The van der Waals surface area contributed by atoms with E-state index < -0.39 is 0 Å². The molecule has 0 N–H and O–H groups in total. The lowest BCUT2D eigenvalue weighted by molar-refractivity contribution is 0.304. The fourth-order valence-corrected chi connectivity index (χ4v) is 2.69. The van der Waals surface area contributed by atoms with E-state index in [0.29, 0.717) is 12.6 Å². The molecule has 1 aromatic heterocycles. The highest BCUT2D eigenvalue weighted by Crippen LogP contribution is 2.27. The normalized spacial score (nSPS) is 11.2. The quantitative estimate of drug-likeness (QED) is 0.665. The fourth-order valence-electron chi connectivity index (χ4n) is 2.69. The molecule has 120 valence electrons. The summed E-state index contributed by atoms with van der Waals surface area (Å²) < 4.78 is 26.8. The molecule has 3 nitrogen and oxygen atoms in total. The van der Waals surface area contributed by atoms with E-state index in [0.717, 1.165) is 28.0 Å². The third-order valence-electron chi connectivity index (χ3n) is 3.87. The fraction of sp³-hybridized carbons (Fsp3) is 0.263. The zero-order valence-corrected chi connectivity index (χ0v) is 13.5. The van der Waals surface area contributed by atoms with Gasteiger partial charge in [0.05, 0.1) is 7.11 Å². The van der Waals surface area contributed by atoms with Crippen molar-refractivity contribution in [2.24, 2.45) is 0 Å². The van der Waals surface area contributed by atoms with Crippen molar-refractivity contribution in [3.8, 4) is 11.5 Å². The van der Waals surface area contributed by atoms with Crippen LogP contribution in [0.25, 0.3) is 10.9 Å². The molecule has 0 saturated heterocycles. The largest absolute Gasteiger partial charge is 0.497 e. The number of rotatable bonds is 5. The molecule has 4 heteroatoms. The van der Waals surface area contributed by atoms with E-state index in [1.807, 2.05) is 36.5 Å². The number of halogens is 1. The van der Waals surface area contributed by atoms with Crippen LogP contribution in [-0.2, 0) is 6.61 Å². The van der Waals surface area contributed by atoms with Gasteiger partial charge in [0.2, 0.25) is 0 Å². The van der Waals surface area contributed by atoms with Gasteiger partial charge in [0.1, 0.15) is 23.9 Å². The maximum Gasteiger partial charge on any atom is 0.123 e. The molecular weight excluding hydrogens is 293 g/mol. The molecule has 0 atom stereocenters. The molecule has 0 bridgehead atoms. The number of aromatic nitrogens is 1. The van der Waals surface area contributed by atoms with Crippen LogP contribution in [-0.4, -0.2) is 11.7 Å². The Morgan fingerprint density at radius 1 is 1.09 bits per heavy atom. The molecule has 0 unspecified atom stereocenters. The molecule has 0 amide bonds. The molecule has 0 aliphatic rings. The molecule has 0 fully saturated rings. The Hall–Kier alpha value is -2.49.